The summed E-state index contributed by atoms with van der Waals surface area (Å²) < 4.78 is 14.0. The lowest BCUT2D eigenvalue weighted by molar-refractivity contribution is 0.422. The summed E-state index contributed by atoms with van der Waals surface area (Å²) in [6.45, 7) is 7.40. The van der Waals surface area contributed by atoms with Crippen LogP contribution in [0.4, 0.5) is 4.39 Å². The van der Waals surface area contributed by atoms with Crippen LogP contribution in [0.25, 0.3) is 10.6 Å². The lowest BCUT2D eigenvalue weighted by Gasteiger charge is -2.20. The summed E-state index contributed by atoms with van der Waals surface area (Å²) in [6.07, 6.45) is 1.89. The molecule has 2 rings (SSSR count). The van der Waals surface area contributed by atoms with Gasteiger partial charge in [0.2, 0.25) is 0 Å². The molecule has 0 unspecified atom stereocenters. The molecule has 1 aromatic carbocycles. The Morgan fingerprint density at radius 3 is 2.76 bits per heavy atom. The Morgan fingerprint density at radius 1 is 1.29 bits per heavy atom. The third-order valence-corrected chi connectivity index (χ3v) is 4.69. The molecule has 114 valence electrons. The quantitative estimate of drug-likeness (QED) is 0.790. The second-order valence-electron chi connectivity index (χ2n) is 5.88. The first kappa shape index (κ1) is 16.5. The van der Waals surface area contributed by atoms with Crippen molar-refractivity contribution in [3.8, 4) is 10.6 Å². The van der Waals surface area contributed by atoms with Crippen molar-refractivity contribution in [3.63, 3.8) is 0 Å². The summed E-state index contributed by atoms with van der Waals surface area (Å²) in [5, 5.41) is 13.5. The molecule has 1 heterocycles. The molecule has 0 aliphatic carbocycles. The van der Waals surface area contributed by atoms with Crippen LogP contribution in [-0.4, -0.2) is 22.3 Å². The van der Waals surface area contributed by atoms with Crippen LogP contribution >= 0.6 is 27.3 Å². The molecule has 2 aromatic rings. The van der Waals surface area contributed by atoms with Gasteiger partial charge in [0.15, 0.2) is 0 Å². The number of hydrogen-bond acceptors (Lipinski definition) is 4. The molecule has 0 amide bonds. The van der Waals surface area contributed by atoms with E-state index in [1.165, 1.54) is 17.4 Å². The number of benzene rings is 1. The van der Waals surface area contributed by atoms with Crippen LogP contribution < -0.4 is 5.32 Å². The van der Waals surface area contributed by atoms with Gasteiger partial charge in [-0.2, -0.15) is 0 Å². The second-order valence-corrected chi connectivity index (χ2v) is 7.74. The Morgan fingerprint density at radius 2 is 2.05 bits per heavy atom. The van der Waals surface area contributed by atoms with E-state index in [4.69, 9.17) is 0 Å². The Labute approximate surface area is 137 Å². The molecule has 0 radical (unpaired) electrons. The molecule has 6 heteroatoms. The average molecular weight is 372 g/mol. The molecule has 1 N–H and O–H groups in total. The normalized spacial score (nSPS) is 11.9. The maximum Gasteiger partial charge on any atom is 0.149 e. The summed E-state index contributed by atoms with van der Waals surface area (Å²) >= 11 is 4.79. The van der Waals surface area contributed by atoms with E-state index in [-0.39, 0.29) is 11.4 Å². The highest BCUT2D eigenvalue weighted by atomic mass is 79.9. The molecule has 0 aliphatic rings. The van der Waals surface area contributed by atoms with Gasteiger partial charge in [-0.3, -0.25) is 0 Å². The van der Waals surface area contributed by atoms with Gasteiger partial charge in [0.05, 0.1) is 4.47 Å². The number of rotatable bonds is 5. The Bertz CT molecular complexity index is 607. The molecule has 21 heavy (non-hydrogen) atoms. The third-order valence-electron chi connectivity index (χ3n) is 2.87. The van der Waals surface area contributed by atoms with Crippen molar-refractivity contribution in [1.82, 2.24) is 15.5 Å². The van der Waals surface area contributed by atoms with Crippen LogP contribution in [0.3, 0.4) is 0 Å². The predicted octanol–water partition coefficient (Wildman–Crippen LogP) is 4.43. The zero-order valence-corrected chi connectivity index (χ0v) is 14.8. The van der Waals surface area contributed by atoms with Crippen molar-refractivity contribution >= 4 is 27.3 Å². The zero-order valence-electron chi connectivity index (χ0n) is 12.4. The maximum absolute atomic E-state index is 13.5. The van der Waals surface area contributed by atoms with Crippen LogP contribution in [0, 0.1) is 5.82 Å². The van der Waals surface area contributed by atoms with Gasteiger partial charge in [-0.25, -0.2) is 4.39 Å². The van der Waals surface area contributed by atoms with E-state index in [0.717, 1.165) is 35.0 Å². The fourth-order valence-electron chi connectivity index (χ4n) is 1.84. The number of aromatic nitrogens is 2. The number of nitrogens with zero attached hydrogens (tertiary/aromatic N) is 2. The molecule has 3 nitrogen and oxygen atoms in total. The monoisotopic (exact) mass is 371 g/mol. The van der Waals surface area contributed by atoms with Crippen molar-refractivity contribution < 1.29 is 4.39 Å². The fourth-order valence-corrected chi connectivity index (χ4v) is 3.33. The second kappa shape index (κ2) is 6.94. The van der Waals surface area contributed by atoms with Crippen molar-refractivity contribution in [2.45, 2.75) is 39.2 Å². The highest BCUT2D eigenvalue weighted by molar-refractivity contribution is 9.10. The predicted molar refractivity (Wildman–Crippen MR) is 89.1 cm³/mol. The van der Waals surface area contributed by atoms with Gasteiger partial charge in [-0.15, -0.1) is 10.2 Å². The number of hydrogen-bond donors (Lipinski definition) is 1. The van der Waals surface area contributed by atoms with Crippen molar-refractivity contribution in [3.05, 3.63) is 33.5 Å². The molecule has 0 bridgehead atoms. The Hall–Kier alpha value is -0.850. The average Bonchev–Trinajstić information content (AvgIpc) is 2.85. The van der Waals surface area contributed by atoms with Gasteiger partial charge in [-0.05, 0) is 55.7 Å². The highest BCUT2D eigenvalue weighted by Crippen LogP contribution is 2.32. The minimum atomic E-state index is -0.279. The SMILES string of the molecule is CC(C)(C)NCCCc1nnc(-c2cccc(F)c2Br)s1. The standard InChI is InChI=1S/C15H19BrFN3S/c1-15(2,3)18-9-5-8-12-19-20-14(21-12)10-6-4-7-11(17)13(10)16/h4,6-7,18H,5,8-9H2,1-3H3. The number of aryl methyl sites for hydroxylation is 1. The Kier molecular flexibility index (Phi) is 5.46. The first-order valence-corrected chi connectivity index (χ1v) is 8.49. The van der Waals surface area contributed by atoms with Gasteiger partial charge >= 0.3 is 0 Å². The Balaban J connectivity index is 1.97. The van der Waals surface area contributed by atoms with Crippen molar-refractivity contribution in [1.29, 1.82) is 0 Å². The highest BCUT2D eigenvalue weighted by Gasteiger charge is 2.13. The molecule has 0 fully saturated rings. The van der Waals surface area contributed by atoms with Gasteiger partial charge in [-0.1, -0.05) is 23.5 Å². The summed E-state index contributed by atoms with van der Waals surface area (Å²) in [6, 6.07) is 4.95. The van der Waals surface area contributed by atoms with Gasteiger partial charge in [0.1, 0.15) is 15.8 Å². The first-order valence-electron chi connectivity index (χ1n) is 6.88. The van der Waals surface area contributed by atoms with E-state index in [0.29, 0.717) is 4.47 Å². The zero-order chi connectivity index (χ0) is 15.5. The van der Waals surface area contributed by atoms with Crippen LogP contribution in [0.1, 0.15) is 32.2 Å². The molecule has 0 saturated carbocycles. The summed E-state index contributed by atoms with van der Waals surface area (Å²) in [7, 11) is 0. The summed E-state index contributed by atoms with van der Waals surface area (Å²) in [5.41, 5.74) is 0.894. The van der Waals surface area contributed by atoms with E-state index in [2.05, 4.69) is 52.2 Å². The molecular weight excluding hydrogens is 353 g/mol. The van der Waals surface area contributed by atoms with E-state index >= 15 is 0 Å². The molecule has 0 aliphatic heterocycles. The van der Waals surface area contributed by atoms with E-state index in [1.807, 2.05) is 6.07 Å². The molecule has 0 atom stereocenters. The minimum Gasteiger partial charge on any atom is -0.312 e. The van der Waals surface area contributed by atoms with Gasteiger partial charge in [0, 0.05) is 17.5 Å². The van der Waals surface area contributed by atoms with Crippen LogP contribution in [-0.2, 0) is 6.42 Å². The van der Waals surface area contributed by atoms with Gasteiger partial charge < -0.3 is 5.32 Å². The molecule has 1 aromatic heterocycles. The van der Waals surface area contributed by atoms with E-state index in [1.54, 1.807) is 6.07 Å². The lowest BCUT2D eigenvalue weighted by atomic mass is 10.1. The lowest BCUT2D eigenvalue weighted by Crippen LogP contribution is -2.36. The van der Waals surface area contributed by atoms with Crippen LogP contribution in [0.2, 0.25) is 0 Å². The molecular formula is C15H19BrFN3S. The van der Waals surface area contributed by atoms with E-state index < -0.39 is 0 Å². The first-order chi connectivity index (χ1) is 9.87. The fraction of sp³-hybridized carbons (Fsp3) is 0.467. The van der Waals surface area contributed by atoms with Crippen LogP contribution in [0.15, 0.2) is 22.7 Å². The van der Waals surface area contributed by atoms with Crippen molar-refractivity contribution in [2.24, 2.45) is 0 Å². The van der Waals surface area contributed by atoms with E-state index in [9.17, 15) is 4.39 Å². The third kappa shape index (κ3) is 4.83. The van der Waals surface area contributed by atoms with Gasteiger partial charge in [0.25, 0.3) is 0 Å². The van der Waals surface area contributed by atoms with Crippen LogP contribution in [0.5, 0.6) is 0 Å². The maximum atomic E-state index is 13.5. The largest absolute Gasteiger partial charge is 0.312 e. The number of nitrogens with one attached hydrogen (secondary N) is 1. The summed E-state index contributed by atoms with van der Waals surface area (Å²) in [5.74, 6) is -0.279. The molecule has 0 spiro atoms. The van der Waals surface area contributed by atoms with Crippen molar-refractivity contribution in [2.75, 3.05) is 6.54 Å². The number of halogens is 2. The smallest absolute Gasteiger partial charge is 0.149 e. The summed E-state index contributed by atoms with van der Waals surface area (Å²) in [4.78, 5) is 0. The molecule has 0 saturated heterocycles. The minimum absolute atomic E-state index is 0.138. The topological polar surface area (TPSA) is 37.8 Å².